The summed E-state index contributed by atoms with van der Waals surface area (Å²) in [5.74, 6) is 0. The summed E-state index contributed by atoms with van der Waals surface area (Å²) in [4.78, 5) is 0. The van der Waals surface area contributed by atoms with Crippen LogP contribution >= 0.6 is 0 Å². The van der Waals surface area contributed by atoms with Crippen molar-refractivity contribution in [1.82, 2.24) is 0 Å². The van der Waals surface area contributed by atoms with Crippen LogP contribution in [0, 0.1) is 0 Å². The third kappa shape index (κ3) is 3.49. The lowest BCUT2D eigenvalue weighted by Crippen LogP contribution is -1.91. The molecule has 0 radical (unpaired) electrons. The number of para-hydroxylation sites is 2. The van der Waals surface area contributed by atoms with Crippen LogP contribution in [0.5, 0.6) is 0 Å². The highest BCUT2D eigenvalue weighted by Gasteiger charge is 2.19. The first-order valence-electron chi connectivity index (χ1n) is 14.0. The molecule has 3 heteroatoms. The highest BCUT2D eigenvalue weighted by atomic mass is 16.5. The summed E-state index contributed by atoms with van der Waals surface area (Å²) in [6.45, 7) is 1.16. The SMILES string of the molecule is c1ccc2c(c1)oc1cc(-c3ccc4c(c3)-c3ccc(-c5cccc6oc7ccccc7c56)cc3COC4)ccc12. The zero-order valence-electron chi connectivity index (χ0n) is 22.2. The average molecular weight is 529 g/mol. The van der Waals surface area contributed by atoms with Crippen LogP contribution in [0.2, 0.25) is 0 Å². The molecule has 3 heterocycles. The molecule has 41 heavy (non-hydrogen) atoms. The molecule has 0 atom stereocenters. The number of fused-ring (bicyclic) bond motifs is 9. The van der Waals surface area contributed by atoms with Crippen LogP contribution in [0.4, 0.5) is 0 Å². The smallest absolute Gasteiger partial charge is 0.136 e. The van der Waals surface area contributed by atoms with Crippen molar-refractivity contribution in [3.8, 4) is 33.4 Å². The monoisotopic (exact) mass is 528 g/mol. The topological polar surface area (TPSA) is 35.5 Å². The van der Waals surface area contributed by atoms with Crippen LogP contribution in [0.25, 0.3) is 77.3 Å². The molecule has 0 aliphatic carbocycles. The van der Waals surface area contributed by atoms with Gasteiger partial charge in [0.15, 0.2) is 0 Å². The number of hydrogen-bond acceptors (Lipinski definition) is 3. The Morgan fingerprint density at radius 2 is 1.07 bits per heavy atom. The standard InChI is InChI=1S/C38H24O3/c1-3-9-34-30(6-1)31-17-14-24(20-37(31)41-34)23-12-13-26-21-39-22-27-18-25(15-16-28(27)33(26)19-23)29-8-5-11-36-38(29)32-7-2-4-10-35(32)40-36/h1-20H,21-22H2. The molecule has 0 saturated carbocycles. The van der Waals surface area contributed by atoms with Gasteiger partial charge in [-0.25, -0.2) is 0 Å². The van der Waals surface area contributed by atoms with E-state index in [1.165, 1.54) is 33.4 Å². The highest BCUT2D eigenvalue weighted by Crippen LogP contribution is 2.41. The number of hydrogen-bond donors (Lipinski definition) is 0. The van der Waals surface area contributed by atoms with Crippen LogP contribution in [-0.2, 0) is 18.0 Å². The molecule has 0 fully saturated rings. The summed E-state index contributed by atoms with van der Waals surface area (Å²) in [6, 6.07) is 42.8. The molecule has 3 nitrogen and oxygen atoms in total. The first-order chi connectivity index (χ1) is 20.3. The molecular formula is C38H24O3. The van der Waals surface area contributed by atoms with Crippen molar-refractivity contribution in [2.24, 2.45) is 0 Å². The minimum absolute atomic E-state index is 0.570. The molecular weight excluding hydrogens is 504 g/mol. The summed E-state index contributed by atoms with van der Waals surface area (Å²) in [6.07, 6.45) is 0. The van der Waals surface area contributed by atoms with E-state index < -0.39 is 0 Å². The average Bonchev–Trinajstić information content (AvgIpc) is 3.53. The fourth-order valence-corrected chi connectivity index (χ4v) is 6.47. The second-order valence-corrected chi connectivity index (χ2v) is 10.8. The van der Waals surface area contributed by atoms with Gasteiger partial charge in [0.05, 0.1) is 13.2 Å². The minimum atomic E-state index is 0.570. The van der Waals surface area contributed by atoms with Crippen molar-refractivity contribution < 1.29 is 13.6 Å². The third-order valence-electron chi connectivity index (χ3n) is 8.45. The van der Waals surface area contributed by atoms with Crippen LogP contribution in [0.15, 0.2) is 130 Å². The Bertz CT molecular complexity index is 2300. The van der Waals surface area contributed by atoms with Gasteiger partial charge >= 0.3 is 0 Å². The predicted molar refractivity (Wildman–Crippen MR) is 166 cm³/mol. The Morgan fingerprint density at radius 3 is 2.00 bits per heavy atom. The summed E-state index contributed by atoms with van der Waals surface area (Å²) in [5.41, 5.74) is 13.1. The molecule has 8 aromatic rings. The van der Waals surface area contributed by atoms with Gasteiger partial charge in [-0.3, -0.25) is 0 Å². The van der Waals surface area contributed by atoms with E-state index >= 15 is 0 Å². The van der Waals surface area contributed by atoms with Gasteiger partial charge in [-0.2, -0.15) is 0 Å². The molecule has 194 valence electrons. The molecule has 0 spiro atoms. The van der Waals surface area contributed by atoms with Crippen LogP contribution in [-0.4, -0.2) is 0 Å². The normalized spacial score (nSPS) is 13.1. The van der Waals surface area contributed by atoms with E-state index in [0.717, 1.165) is 55.0 Å². The minimum Gasteiger partial charge on any atom is -0.456 e. The number of rotatable bonds is 2. The number of ether oxygens (including phenoxy) is 1. The van der Waals surface area contributed by atoms with E-state index in [-0.39, 0.29) is 0 Å². The summed E-state index contributed by atoms with van der Waals surface area (Å²) < 4.78 is 18.5. The summed E-state index contributed by atoms with van der Waals surface area (Å²) in [5, 5.41) is 4.59. The zero-order valence-corrected chi connectivity index (χ0v) is 22.2. The zero-order chi connectivity index (χ0) is 26.9. The number of furan rings is 2. The van der Waals surface area contributed by atoms with Gasteiger partial charge < -0.3 is 13.6 Å². The Hall–Kier alpha value is -5.12. The second kappa shape index (κ2) is 8.69. The number of benzene rings is 6. The lowest BCUT2D eigenvalue weighted by molar-refractivity contribution is 0.110. The Labute approximate surface area is 236 Å². The van der Waals surface area contributed by atoms with Crippen molar-refractivity contribution >= 4 is 43.9 Å². The first kappa shape index (κ1) is 22.7. The van der Waals surface area contributed by atoms with Gasteiger partial charge in [-0.05, 0) is 87.0 Å². The first-order valence-corrected chi connectivity index (χ1v) is 14.0. The molecule has 1 aliphatic rings. The van der Waals surface area contributed by atoms with Crippen molar-refractivity contribution in [2.75, 3.05) is 0 Å². The maximum absolute atomic E-state index is 6.18. The van der Waals surface area contributed by atoms with E-state index in [2.05, 4.69) is 91.0 Å². The van der Waals surface area contributed by atoms with Gasteiger partial charge in [0, 0.05) is 21.5 Å². The van der Waals surface area contributed by atoms with Crippen molar-refractivity contribution in [1.29, 1.82) is 0 Å². The Balaban J connectivity index is 1.17. The van der Waals surface area contributed by atoms with Gasteiger partial charge in [-0.1, -0.05) is 78.9 Å². The molecule has 0 bridgehead atoms. The van der Waals surface area contributed by atoms with E-state index in [4.69, 9.17) is 13.6 Å². The molecule has 0 saturated heterocycles. The Morgan fingerprint density at radius 1 is 0.390 bits per heavy atom. The molecule has 0 N–H and O–H groups in total. The summed E-state index contributed by atoms with van der Waals surface area (Å²) >= 11 is 0. The summed E-state index contributed by atoms with van der Waals surface area (Å²) in [7, 11) is 0. The molecule has 2 aromatic heterocycles. The molecule has 6 aromatic carbocycles. The van der Waals surface area contributed by atoms with Crippen molar-refractivity contribution in [2.45, 2.75) is 13.2 Å². The maximum atomic E-state index is 6.18. The van der Waals surface area contributed by atoms with E-state index in [0.29, 0.717) is 13.2 Å². The second-order valence-electron chi connectivity index (χ2n) is 10.8. The van der Waals surface area contributed by atoms with Gasteiger partial charge in [-0.15, -0.1) is 0 Å². The predicted octanol–water partition coefficient (Wildman–Crippen LogP) is 10.5. The van der Waals surface area contributed by atoms with Gasteiger partial charge in [0.1, 0.15) is 22.3 Å². The van der Waals surface area contributed by atoms with Crippen LogP contribution in [0.1, 0.15) is 11.1 Å². The fourth-order valence-electron chi connectivity index (χ4n) is 6.47. The van der Waals surface area contributed by atoms with E-state index in [9.17, 15) is 0 Å². The molecule has 1 aliphatic heterocycles. The van der Waals surface area contributed by atoms with Gasteiger partial charge in [0.2, 0.25) is 0 Å². The van der Waals surface area contributed by atoms with Gasteiger partial charge in [0.25, 0.3) is 0 Å². The highest BCUT2D eigenvalue weighted by molar-refractivity contribution is 6.12. The molecule has 0 amide bonds. The van der Waals surface area contributed by atoms with Crippen LogP contribution in [0.3, 0.4) is 0 Å². The molecule has 9 rings (SSSR count). The van der Waals surface area contributed by atoms with Crippen molar-refractivity contribution in [3.63, 3.8) is 0 Å². The lowest BCUT2D eigenvalue weighted by atomic mass is 9.90. The largest absolute Gasteiger partial charge is 0.456 e. The quantitative estimate of drug-likeness (QED) is 0.224. The third-order valence-corrected chi connectivity index (χ3v) is 8.45. The van der Waals surface area contributed by atoms with E-state index in [1.54, 1.807) is 0 Å². The maximum Gasteiger partial charge on any atom is 0.136 e. The fraction of sp³-hybridized carbons (Fsp3) is 0.0526. The van der Waals surface area contributed by atoms with E-state index in [1.807, 2.05) is 30.3 Å². The van der Waals surface area contributed by atoms with Crippen LogP contribution < -0.4 is 0 Å². The lowest BCUT2D eigenvalue weighted by Gasteiger charge is -2.13. The van der Waals surface area contributed by atoms with Crippen molar-refractivity contribution in [3.05, 3.63) is 132 Å². The Kier molecular flexibility index (Phi) is 4.80. The molecule has 0 unspecified atom stereocenters.